The molecule has 2 atom stereocenters. The summed E-state index contributed by atoms with van der Waals surface area (Å²) in [5.74, 6) is -0.619. The van der Waals surface area contributed by atoms with E-state index in [0.29, 0.717) is 0 Å². The summed E-state index contributed by atoms with van der Waals surface area (Å²) in [6.45, 7) is 0.0380. The number of ether oxygens (including phenoxy) is 1. The molecule has 1 N–H and O–H groups in total. The minimum atomic E-state index is -1.21. The van der Waals surface area contributed by atoms with E-state index in [0.717, 1.165) is 4.90 Å². The fraction of sp³-hybridized carbons (Fsp3) is 0.778. The van der Waals surface area contributed by atoms with Crippen molar-refractivity contribution in [3.8, 4) is 0 Å². The van der Waals surface area contributed by atoms with Gasteiger partial charge in [0.25, 0.3) is 0 Å². The number of carboxylic acid groups (broad SMARTS) is 1. The molecule has 0 aromatic rings. The van der Waals surface area contributed by atoms with E-state index in [1.165, 1.54) is 7.11 Å². The van der Waals surface area contributed by atoms with Crippen LogP contribution in [0.1, 0.15) is 19.3 Å². The number of hydrogen-bond donors (Lipinski definition) is 1. The van der Waals surface area contributed by atoms with Gasteiger partial charge in [0.05, 0.1) is 7.11 Å². The average Bonchev–Trinajstić information content (AvgIpc) is 2.39. The molecule has 15 heavy (non-hydrogen) atoms. The average molecular weight is 219 g/mol. The van der Waals surface area contributed by atoms with E-state index in [1.54, 1.807) is 0 Å². The SMILES string of the molecule is COC(=O)C1CCC(F)CCN1C(=O)O. The zero-order chi connectivity index (χ0) is 11.4. The van der Waals surface area contributed by atoms with Crippen molar-refractivity contribution in [3.63, 3.8) is 0 Å². The second kappa shape index (κ2) is 4.95. The Hall–Kier alpha value is -1.33. The molecule has 0 spiro atoms. The van der Waals surface area contributed by atoms with Gasteiger partial charge < -0.3 is 9.84 Å². The molecular weight excluding hydrogens is 205 g/mol. The molecule has 1 rings (SSSR count). The zero-order valence-electron chi connectivity index (χ0n) is 8.48. The quantitative estimate of drug-likeness (QED) is 0.669. The van der Waals surface area contributed by atoms with Crippen molar-refractivity contribution >= 4 is 12.1 Å². The molecule has 1 heterocycles. The number of rotatable bonds is 1. The van der Waals surface area contributed by atoms with Gasteiger partial charge in [-0.25, -0.2) is 14.0 Å². The van der Waals surface area contributed by atoms with Crippen LogP contribution in [-0.4, -0.2) is 47.9 Å². The first-order valence-corrected chi connectivity index (χ1v) is 4.77. The first kappa shape index (κ1) is 11.7. The lowest BCUT2D eigenvalue weighted by Gasteiger charge is -2.24. The van der Waals surface area contributed by atoms with Crippen molar-refractivity contribution in [2.75, 3.05) is 13.7 Å². The van der Waals surface area contributed by atoms with Crippen LogP contribution >= 0.6 is 0 Å². The number of esters is 1. The van der Waals surface area contributed by atoms with Crippen molar-refractivity contribution in [3.05, 3.63) is 0 Å². The Balaban J connectivity index is 2.77. The van der Waals surface area contributed by atoms with Gasteiger partial charge in [-0.15, -0.1) is 0 Å². The van der Waals surface area contributed by atoms with Crippen LogP contribution in [0.5, 0.6) is 0 Å². The molecule has 86 valence electrons. The van der Waals surface area contributed by atoms with Gasteiger partial charge in [-0.1, -0.05) is 0 Å². The molecule has 2 unspecified atom stereocenters. The molecule has 5 nitrogen and oxygen atoms in total. The van der Waals surface area contributed by atoms with Crippen molar-refractivity contribution < 1.29 is 23.8 Å². The van der Waals surface area contributed by atoms with Gasteiger partial charge in [-0.3, -0.25) is 4.90 Å². The molecule has 1 fully saturated rings. The third-order valence-electron chi connectivity index (χ3n) is 2.53. The number of alkyl halides is 1. The third kappa shape index (κ3) is 2.81. The molecule has 0 radical (unpaired) electrons. The van der Waals surface area contributed by atoms with Crippen LogP contribution in [0.15, 0.2) is 0 Å². The Bertz CT molecular complexity index is 258. The van der Waals surface area contributed by atoms with Crippen LogP contribution in [0, 0.1) is 0 Å². The summed E-state index contributed by atoms with van der Waals surface area (Å²) in [6.07, 6.45) is -1.73. The van der Waals surface area contributed by atoms with Crippen LogP contribution < -0.4 is 0 Å². The normalized spacial score (nSPS) is 26.9. The summed E-state index contributed by atoms with van der Waals surface area (Å²) in [5, 5.41) is 8.86. The highest BCUT2D eigenvalue weighted by Crippen LogP contribution is 2.20. The van der Waals surface area contributed by atoms with Crippen molar-refractivity contribution in [1.29, 1.82) is 0 Å². The van der Waals surface area contributed by atoms with Crippen LogP contribution in [0.25, 0.3) is 0 Å². The smallest absolute Gasteiger partial charge is 0.408 e. The number of carbonyl (C=O) groups is 2. The molecule has 1 aliphatic heterocycles. The van der Waals surface area contributed by atoms with Gasteiger partial charge >= 0.3 is 12.1 Å². The summed E-state index contributed by atoms with van der Waals surface area (Å²) in [4.78, 5) is 23.1. The number of carbonyl (C=O) groups excluding carboxylic acids is 1. The van der Waals surface area contributed by atoms with Gasteiger partial charge in [0.1, 0.15) is 12.2 Å². The van der Waals surface area contributed by atoms with Crippen LogP contribution in [0.2, 0.25) is 0 Å². The monoisotopic (exact) mass is 219 g/mol. The number of amides is 1. The largest absolute Gasteiger partial charge is 0.467 e. The molecule has 0 bridgehead atoms. The number of halogens is 1. The van der Waals surface area contributed by atoms with Gasteiger partial charge in [0.15, 0.2) is 0 Å². The van der Waals surface area contributed by atoms with E-state index in [2.05, 4.69) is 4.74 Å². The maximum atomic E-state index is 13.0. The zero-order valence-corrected chi connectivity index (χ0v) is 8.48. The summed E-state index contributed by atoms with van der Waals surface area (Å²) >= 11 is 0. The van der Waals surface area contributed by atoms with Gasteiger partial charge in [0, 0.05) is 6.54 Å². The van der Waals surface area contributed by atoms with Crippen molar-refractivity contribution in [1.82, 2.24) is 4.90 Å². The molecule has 1 amide bonds. The minimum absolute atomic E-state index is 0.0380. The Morgan fingerprint density at radius 2 is 2.07 bits per heavy atom. The summed E-state index contributed by atoms with van der Waals surface area (Å²) in [5.41, 5.74) is 0. The first-order chi connectivity index (χ1) is 7.06. The summed E-state index contributed by atoms with van der Waals surface area (Å²) < 4.78 is 17.5. The maximum absolute atomic E-state index is 13.0. The van der Waals surface area contributed by atoms with Gasteiger partial charge in [0.2, 0.25) is 0 Å². The van der Waals surface area contributed by atoms with E-state index in [-0.39, 0.29) is 25.8 Å². The maximum Gasteiger partial charge on any atom is 0.408 e. The predicted octanol–water partition coefficient (Wildman–Crippen LogP) is 1.03. The third-order valence-corrected chi connectivity index (χ3v) is 2.53. The Morgan fingerprint density at radius 3 is 2.60 bits per heavy atom. The van der Waals surface area contributed by atoms with E-state index < -0.39 is 24.3 Å². The molecule has 0 aromatic heterocycles. The molecular formula is C9H14FNO4. The Morgan fingerprint density at radius 1 is 1.40 bits per heavy atom. The van der Waals surface area contributed by atoms with E-state index in [9.17, 15) is 14.0 Å². The summed E-state index contributed by atoms with van der Waals surface area (Å²) in [6, 6.07) is -0.867. The van der Waals surface area contributed by atoms with Crippen molar-refractivity contribution in [2.24, 2.45) is 0 Å². The second-order valence-corrected chi connectivity index (χ2v) is 3.48. The topological polar surface area (TPSA) is 66.8 Å². The van der Waals surface area contributed by atoms with Crippen LogP contribution in [0.3, 0.4) is 0 Å². The fourth-order valence-electron chi connectivity index (χ4n) is 1.68. The fourth-order valence-corrected chi connectivity index (χ4v) is 1.68. The second-order valence-electron chi connectivity index (χ2n) is 3.48. The van der Waals surface area contributed by atoms with Crippen LogP contribution in [-0.2, 0) is 9.53 Å². The minimum Gasteiger partial charge on any atom is -0.467 e. The Kier molecular flexibility index (Phi) is 3.88. The van der Waals surface area contributed by atoms with Gasteiger partial charge in [-0.2, -0.15) is 0 Å². The number of hydrogen-bond acceptors (Lipinski definition) is 3. The molecule has 1 aliphatic rings. The van der Waals surface area contributed by atoms with Gasteiger partial charge in [-0.05, 0) is 19.3 Å². The molecule has 0 saturated carbocycles. The first-order valence-electron chi connectivity index (χ1n) is 4.77. The van der Waals surface area contributed by atoms with Crippen LogP contribution in [0.4, 0.5) is 9.18 Å². The molecule has 0 aromatic carbocycles. The van der Waals surface area contributed by atoms with E-state index in [4.69, 9.17) is 5.11 Å². The lowest BCUT2D eigenvalue weighted by Crippen LogP contribution is -2.44. The van der Waals surface area contributed by atoms with Crippen molar-refractivity contribution in [2.45, 2.75) is 31.5 Å². The Labute approximate surface area is 86.8 Å². The molecule has 1 saturated heterocycles. The lowest BCUT2D eigenvalue weighted by atomic mass is 10.1. The highest BCUT2D eigenvalue weighted by Gasteiger charge is 2.33. The standard InChI is InChI=1S/C9H14FNO4/c1-15-8(12)7-3-2-6(10)4-5-11(7)9(13)14/h6-7H,2-5H2,1H3,(H,13,14). The van der Waals surface area contributed by atoms with E-state index >= 15 is 0 Å². The summed E-state index contributed by atoms with van der Waals surface area (Å²) in [7, 11) is 1.19. The van der Waals surface area contributed by atoms with E-state index in [1.807, 2.05) is 0 Å². The highest BCUT2D eigenvalue weighted by molar-refractivity contribution is 5.80. The predicted molar refractivity (Wildman–Crippen MR) is 49.3 cm³/mol. The number of nitrogens with zero attached hydrogens (tertiary/aromatic N) is 1. The molecule has 6 heteroatoms. The highest BCUT2D eigenvalue weighted by atomic mass is 19.1. The number of methoxy groups -OCH3 is 1. The molecule has 0 aliphatic carbocycles. The lowest BCUT2D eigenvalue weighted by molar-refractivity contribution is -0.146. The number of likely N-dealkylation sites (tertiary alicyclic amines) is 1.